The van der Waals surface area contributed by atoms with E-state index in [2.05, 4.69) is 19.9 Å². The number of fused-ring (bicyclic) bond motifs is 5. The molecule has 0 saturated heterocycles. The number of hydrogen-bond donors (Lipinski definition) is 1. The summed E-state index contributed by atoms with van der Waals surface area (Å²) in [6, 6.07) is 2.58. The fourth-order valence-electron chi connectivity index (χ4n) is 7.39. The zero-order valence-electron chi connectivity index (χ0n) is 14.2. The van der Waals surface area contributed by atoms with Crippen LogP contribution in [0.4, 0.5) is 0 Å². The fraction of sp³-hybridized carbons (Fsp3) is 0.950. The van der Waals surface area contributed by atoms with Gasteiger partial charge in [0.2, 0.25) is 0 Å². The van der Waals surface area contributed by atoms with Crippen LogP contribution in [0, 0.1) is 51.8 Å². The molecule has 0 amide bonds. The third-order valence-electron chi connectivity index (χ3n) is 8.59. The molecule has 0 spiro atoms. The standard InChI is InChI=1S/C20H31NO/c1-19-7-6-17-16(18(19)9-13(11-19)12-21)4-3-14-10-15(22)5-8-20(14,17)2/h13-18,22H,3-11H2,1-2H3/t13-,14+,15+,16+,17-,18?,19+,20-/m1/s1. The molecule has 22 heavy (non-hydrogen) atoms. The molecule has 2 nitrogen and oxygen atoms in total. The SMILES string of the molecule is C[C@@]12CC[C@@H]3[C@H](CC[C@H]4C[C@@H](O)CC[C@]43C)C1C[C@@H](C#N)C2. The number of aliphatic hydroxyl groups is 1. The first kappa shape index (κ1) is 15.0. The second-order valence-electron chi connectivity index (χ2n) is 9.54. The van der Waals surface area contributed by atoms with Gasteiger partial charge >= 0.3 is 0 Å². The van der Waals surface area contributed by atoms with Gasteiger partial charge in [-0.05, 0) is 92.3 Å². The summed E-state index contributed by atoms with van der Waals surface area (Å²) in [5, 5.41) is 19.5. The lowest BCUT2D eigenvalue weighted by Gasteiger charge is -2.60. The van der Waals surface area contributed by atoms with E-state index < -0.39 is 0 Å². The van der Waals surface area contributed by atoms with Crippen molar-refractivity contribution in [2.45, 2.75) is 77.7 Å². The second kappa shape index (κ2) is 4.97. The molecule has 4 saturated carbocycles. The van der Waals surface area contributed by atoms with E-state index in [1.807, 2.05) is 0 Å². The third kappa shape index (κ3) is 2.01. The number of aliphatic hydroxyl groups excluding tert-OH is 1. The van der Waals surface area contributed by atoms with Gasteiger partial charge < -0.3 is 5.11 Å². The largest absolute Gasteiger partial charge is 0.393 e. The highest BCUT2D eigenvalue weighted by Gasteiger charge is 2.59. The molecule has 4 fully saturated rings. The predicted octanol–water partition coefficient (Wildman–Crippen LogP) is 4.53. The average molecular weight is 301 g/mol. The van der Waals surface area contributed by atoms with Gasteiger partial charge in [0.05, 0.1) is 12.2 Å². The van der Waals surface area contributed by atoms with Gasteiger partial charge in [0.1, 0.15) is 0 Å². The molecule has 0 aromatic carbocycles. The van der Waals surface area contributed by atoms with Crippen molar-refractivity contribution in [2.75, 3.05) is 0 Å². The van der Waals surface area contributed by atoms with Crippen molar-refractivity contribution in [3.05, 3.63) is 0 Å². The number of hydrogen-bond acceptors (Lipinski definition) is 2. The van der Waals surface area contributed by atoms with Crippen LogP contribution in [-0.2, 0) is 0 Å². The first-order chi connectivity index (χ1) is 10.5. The molecular weight excluding hydrogens is 270 g/mol. The van der Waals surface area contributed by atoms with E-state index >= 15 is 0 Å². The summed E-state index contributed by atoms with van der Waals surface area (Å²) in [6.07, 6.45) is 10.9. The van der Waals surface area contributed by atoms with E-state index in [9.17, 15) is 10.4 Å². The Labute approximate surface area is 135 Å². The van der Waals surface area contributed by atoms with E-state index in [1.54, 1.807) is 0 Å². The number of nitriles is 1. The summed E-state index contributed by atoms with van der Waals surface area (Å²) in [5.41, 5.74) is 0.910. The Bertz CT molecular complexity index is 496. The van der Waals surface area contributed by atoms with E-state index in [0.29, 0.717) is 16.7 Å². The summed E-state index contributed by atoms with van der Waals surface area (Å²) >= 11 is 0. The minimum atomic E-state index is -0.0436. The minimum absolute atomic E-state index is 0.0436. The summed E-state index contributed by atoms with van der Waals surface area (Å²) in [5.74, 6) is 3.56. The monoisotopic (exact) mass is 301 g/mol. The van der Waals surface area contributed by atoms with Crippen molar-refractivity contribution < 1.29 is 5.11 Å². The molecule has 0 bridgehead atoms. The van der Waals surface area contributed by atoms with Crippen LogP contribution in [0.5, 0.6) is 0 Å². The maximum atomic E-state index is 10.1. The molecule has 0 heterocycles. The molecule has 0 aromatic heterocycles. The van der Waals surface area contributed by atoms with Gasteiger partial charge in [-0.15, -0.1) is 0 Å². The van der Waals surface area contributed by atoms with Crippen molar-refractivity contribution in [2.24, 2.45) is 40.4 Å². The molecule has 122 valence electrons. The van der Waals surface area contributed by atoms with Crippen molar-refractivity contribution in [1.82, 2.24) is 0 Å². The summed E-state index contributed by atoms with van der Waals surface area (Å²) in [4.78, 5) is 0. The highest BCUT2D eigenvalue weighted by atomic mass is 16.3. The van der Waals surface area contributed by atoms with E-state index in [1.165, 1.54) is 32.1 Å². The topological polar surface area (TPSA) is 44.0 Å². The van der Waals surface area contributed by atoms with Gasteiger partial charge in [-0.25, -0.2) is 0 Å². The van der Waals surface area contributed by atoms with Crippen molar-refractivity contribution in [3.63, 3.8) is 0 Å². The zero-order chi connectivity index (χ0) is 15.5. The predicted molar refractivity (Wildman–Crippen MR) is 86.8 cm³/mol. The van der Waals surface area contributed by atoms with Gasteiger partial charge in [-0.1, -0.05) is 13.8 Å². The summed E-state index contributed by atoms with van der Waals surface area (Å²) < 4.78 is 0. The first-order valence-electron chi connectivity index (χ1n) is 9.54. The Morgan fingerprint density at radius 1 is 1.00 bits per heavy atom. The van der Waals surface area contributed by atoms with Gasteiger partial charge in [0.15, 0.2) is 0 Å². The normalized spacial score (nSPS) is 57.4. The van der Waals surface area contributed by atoms with Gasteiger partial charge in [-0.3, -0.25) is 0 Å². The Morgan fingerprint density at radius 3 is 2.59 bits per heavy atom. The van der Waals surface area contributed by atoms with Crippen molar-refractivity contribution >= 4 is 0 Å². The van der Waals surface area contributed by atoms with Crippen LogP contribution in [-0.4, -0.2) is 11.2 Å². The van der Waals surface area contributed by atoms with Crippen LogP contribution in [0.2, 0.25) is 0 Å². The van der Waals surface area contributed by atoms with Crippen LogP contribution in [0.25, 0.3) is 0 Å². The van der Waals surface area contributed by atoms with Crippen molar-refractivity contribution in [1.29, 1.82) is 5.26 Å². The first-order valence-corrected chi connectivity index (χ1v) is 9.54. The number of rotatable bonds is 0. The maximum absolute atomic E-state index is 10.1. The van der Waals surface area contributed by atoms with Crippen molar-refractivity contribution in [3.8, 4) is 6.07 Å². The van der Waals surface area contributed by atoms with Crippen LogP contribution >= 0.6 is 0 Å². The van der Waals surface area contributed by atoms with Gasteiger partial charge in [0, 0.05) is 5.92 Å². The molecule has 4 aliphatic carbocycles. The van der Waals surface area contributed by atoms with Crippen LogP contribution in [0.3, 0.4) is 0 Å². The molecule has 8 atom stereocenters. The molecule has 0 radical (unpaired) electrons. The Balaban J connectivity index is 1.61. The molecule has 2 heteroatoms. The third-order valence-corrected chi connectivity index (χ3v) is 8.59. The molecule has 1 N–H and O–H groups in total. The molecule has 0 aliphatic heterocycles. The summed E-state index contributed by atoms with van der Waals surface area (Å²) in [7, 11) is 0. The molecule has 0 aromatic rings. The number of nitrogens with zero attached hydrogens (tertiary/aromatic N) is 1. The smallest absolute Gasteiger partial charge is 0.0656 e. The average Bonchev–Trinajstić information content (AvgIpc) is 2.85. The van der Waals surface area contributed by atoms with Crippen LogP contribution in [0.1, 0.15) is 71.6 Å². The lowest BCUT2D eigenvalue weighted by Crippen LogP contribution is -2.53. The molecule has 4 rings (SSSR count). The quantitative estimate of drug-likeness (QED) is 0.714. The highest BCUT2D eigenvalue weighted by molar-refractivity contribution is 5.10. The van der Waals surface area contributed by atoms with Crippen LogP contribution < -0.4 is 0 Å². The molecule has 4 aliphatic rings. The molecular formula is C20H31NO. The highest BCUT2D eigenvalue weighted by Crippen LogP contribution is 2.66. The Kier molecular flexibility index (Phi) is 3.39. The van der Waals surface area contributed by atoms with Crippen LogP contribution in [0.15, 0.2) is 0 Å². The maximum Gasteiger partial charge on any atom is 0.0656 e. The zero-order valence-corrected chi connectivity index (χ0v) is 14.2. The van der Waals surface area contributed by atoms with E-state index in [0.717, 1.165) is 49.4 Å². The fourth-order valence-corrected chi connectivity index (χ4v) is 7.39. The summed E-state index contributed by atoms with van der Waals surface area (Å²) in [6.45, 7) is 5.02. The van der Waals surface area contributed by atoms with E-state index in [4.69, 9.17) is 0 Å². The lowest BCUT2D eigenvalue weighted by atomic mass is 9.45. The second-order valence-corrected chi connectivity index (χ2v) is 9.54. The van der Waals surface area contributed by atoms with Gasteiger partial charge in [0.25, 0.3) is 0 Å². The minimum Gasteiger partial charge on any atom is -0.393 e. The van der Waals surface area contributed by atoms with E-state index in [-0.39, 0.29) is 6.10 Å². The Hall–Kier alpha value is -0.550. The lowest BCUT2D eigenvalue weighted by molar-refractivity contribution is -0.120. The Morgan fingerprint density at radius 2 is 1.82 bits per heavy atom. The molecule has 1 unspecified atom stereocenters. The van der Waals surface area contributed by atoms with Gasteiger partial charge in [-0.2, -0.15) is 5.26 Å².